The normalized spacial score (nSPS) is 12.3. The molecular weight excluding hydrogens is 224 g/mol. The lowest BCUT2D eigenvalue weighted by Gasteiger charge is -2.31. The number of rotatable bonds is 8. The molecule has 0 aliphatic rings. The van der Waals surface area contributed by atoms with Crippen molar-refractivity contribution in [3.8, 4) is 0 Å². The van der Waals surface area contributed by atoms with E-state index in [-0.39, 0.29) is 5.41 Å². The van der Waals surface area contributed by atoms with Gasteiger partial charge in [-0.1, -0.05) is 20.8 Å². The van der Waals surface area contributed by atoms with Crippen LogP contribution in [-0.4, -0.2) is 40.9 Å². The summed E-state index contributed by atoms with van der Waals surface area (Å²) in [5, 5.41) is 4.21. The van der Waals surface area contributed by atoms with Gasteiger partial charge in [-0.05, 0) is 36.9 Å². The number of hydrogen-bond donors (Lipinski definition) is 1. The summed E-state index contributed by atoms with van der Waals surface area (Å²) in [6.45, 7) is 10.7. The predicted molar refractivity (Wildman–Crippen MR) is 76.5 cm³/mol. The molecule has 4 heteroatoms. The molecule has 0 radical (unpaired) electrons. The molecule has 1 heterocycles. The second-order valence-electron chi connectivity index (χ2n) is 5.92. The summed E-state index contributed by atoms with van der Waals surface area (Å²) in [7, 11) is 1.96. The van der Waals surface area contributed by atoms with E-state index in [4.69, 9.17) is 5.73 Å². The van der Waals surface area contributed by atoms with Crippen molar-refractivity contribution < 1.29 is 0 Å². The molecule has 1 rings (SSSR count). The number of hydrogen-bond acceptors (Lipinski definition) is 3. The van der Waals surface area contributed by atoms with Crippen LogP contribution in [0.4, 0.5) is 0 Å². The molecule has 1 aromatic heterocycles. The fourth-order valence-electron chi connectivity index (χ4n) is 2.14. The molecule has 0 aliphatic carbocycles. The molecule has 0 aromatic carbocycles. The Morgan fingerprint density at radius 3 is 2.61 bits per heavy atom. The highest BCUT2D eigenvalue weighted by Gasteiger charge is 2.19. The number of nitrogens with two attached hydrogens (primary N) is 1. The zero-order chi connectivity index (χ0) is 13.6. The zero-order valence-corrected chi connectivity index (χ0v) is 12.3. The second-order valence-corrected chi connectivity index (χ2v) is 5.92. The van der Waals surface area contributed by atoms with Crippen molar-refractivity contribution in [2.75, 3.05) is 26.2 Å². The minimum Gasteiger partial charge on any atom is -0.330 e. The second kappa shape index (κ2) is 6.90. The molecule has 4 nitrogen and oxygen atoms in total. The fourth-order valence-corrected chi connectivity index (χ4v) is 2.14. The SMILES string of the molecule is CCCN(CCc1cnn(C)c1)CC(C)(C)CN. The van der Waals surface area contributed by atoms with Gasteiger partial charge in [-0.25, -0.2) is 0 Å². The Bertz CT molecular complexity index is 343. The van der Waals surface area contributed by atoms with Crippen LogP contribution >= 0.6 is 0 Å². The van der Waals surface area contributed by atoms with Gasteiger partial charge in [0.2, 0.25) is 0 Å². The summed E-state index contributed by atoms with van der Waals surface area (Å²) in [6, 6.07) is 0. The minimum atomic E-state index is 0.199. The molecule has 0 saturated carbocycles. The van der Waals surface area contributed by atoms with Gasteiger partial charge >= 0.3 is 0 Å². The van der Waals surface area contributed by atoms with Crippen molar-refractivity contribution >= 4 is 0 Å². The first kappa shape index (κ1) is 15.2. The monoisotopic (exact) mass is 252 g/mol. The Balaban J connectivity index is 2.47. The van der Waals surface area contributed by atoms with Gasteiger partial charge < -0.3 is 10.6 Å². The van der Waals surface area contributed by atoms with Crippen LogP contribution in [0.2, 0.25) is 0 Å². The van der Waals surface area contributed by atoms with Crippen LogP contribution in [0.15, 0.2) is 12.4 Å². The predicted octanol–water partition coefficient (Wildman–Crippen LogP) is 1.66. The molecule has 2 N–H and O–H groups in total. The average molecular weight is 252 g/mol. The molecule has 18 heavy (non-hydrogen) atoms. The van der Waals surface area contributed by atoms with Crippen LogP contribution < -0.4 is 5.73 Å². The smallest absolute Gasteiger partial charge is 0.0522 e. The van der Waals surface area contributed by atoms with Crippen LogP contribution in [0.1, 0.15) is 32.8 Å². The number of nitrogens with zero attached hydrogens (tertiary/aromatic N) is 3. The number of aryl methyl sites for hydroxylation is 1. The highest BCUT2D eigenvalue weighted by atomic mass is 15.2. The topological polar surface area (TPSA) is 47.1 Å². The first-order chi connectivity index (χ1) is 8.46. The largest absolute Gasteiger partial charge is 0.330 e. The van der Waals surface area contributed by atoms with Gasteiger partial charge in [0.15, 0.2) is 0 Å². The van der Waals surface area contributed by atoms with Crippen molar-refractivity contribution in [1.29, 1.82) is 0 Å². The molecule has 0 amide bonds. The molecular formula is C14H28N4. The molecule has 0 bridgehead atoms. The van der Waals surface area contributed by atoms with E-state index >= 15 is 0 Å². The lowest BCUT2D eigenvalue weighted by Crippen LogP contribution is -2.40. The Kier molecular flexibility index (Phi) is 5.82. The maximum Gasteiger partial charge on any atom is 0.0522 e. The highest BCUT2D eigenvalue weighted by Crippen LogP contribution is 2.15. The Morgan fingerprint density at radius 2 is 2.11 bits per heavy atom. The quantitative estimate of drug-likeness (QED) is 0.765. The molecule has 0 aliphatic heterocycles. The third kappa shape index (κ3) is 5.19. The van der Waals surface area contributed by atoms with Crippen molar-refractivity contribution in [3.05, 3.63) is 18.0 Å². The maximum absolute atomic E-state index is 5.82. The molecule has 0 spiro atoms. The van der Waals surface area contributed by atoms with E-state index in [9.17, 15) is 0 Å². The molecule has 1 aromatic rings. The van der Waals surface area contributed by atoms with Gasteiger partial charge in [0, 0.05) is 26.3 Å². The molecule has 0 fully saturated rings. The third-order valence-corrected chi connectivity index (χ3v) is 3.22. The molecule has 104 valence electrons. The highest BCUT2D eigenvalue weighted by molar-refractivity contribution is 5.04. The van der Waals surface area contributed by atoms with Crippen molar-refractivity contribution in [1.82, 2.24) is 14.7 Å². The van der Waals surface area contributed by atoms with E-state index in [0.717, 1.165) is 32.6 Å². The summed E-state index contributed by atoms with van der Waals surface area (Å²) < 4.78 is 1.86. The van der Waals surface area contributed by atoms with E-state index in [1.54, 1.807) is 0 Å². The summed E-state index contributed by atoms with van der Waals surface area (Å²) in [4.78, 5) is 2.51. The van der Waals surface area contributed by atoms with Crippen LogP contribution in [-0.2, 0) is 13.5 Å². The average Bonchev–Trinajstić information content (AvgIpc) is 2.72. The third-order valence-electron chi connectivity index (χ3n) is 3.22. The summed E-state index contributed by atoms with van der Waals surface area (Å²) in [5.74, 6) is 0. The van der Waals surface area contributed by atoms with Crippen LogP contribution in [0.5, 0.6) is 0 Å². The standard InChI is InChI=1S/C14H28N4/c1-5-7-18(12-14(2,3)11-15)8-6-13-9-16-17(4)10-13/h9-10H,5-8,11-12,15H2,1-4H3. The van der Waals surface area contributed by atoms with Crippen LogP contribution in [0.3, 0.4) is 0 Å². The van der Waals surface area contributed by atoms with Crippen molar-refractivity contribution in [3.63, 3.8) is 0 Å². The van der Waals surface area contributed by atoms with Crippen LogP contribution in [0, 0.1) is 5.41 Å². The van der Waals surface area contributed by atoms with Crippen LogP contribution in [0.25, 0.3) is 0 Å². The number of aromatic nitrogens is 2. The van der Waals surface area contributed by atoms with Gasteiger partial charge in [0.1, 0.15) is 0 Å². The Hall–Kier alpha value is -0.870. The van der Waals surface area contributed by atoms with E-state index in [1.807, 2.05) is 17.9 Å². The van der Waals surface area contributed by atoms with Gasteiger partial charge in [-0.3, -0.25) is 4.68 Å². The van der Waals surface area contributed by atoms with E-state index in [2.05, 4.69) is 37.0 Å². The molecule has 0 atom stereocenters. The van der Waals surface area contributed by atoms with Crippen molar-refractivity contribution in [2.45, 2.75) is 33.6 Å². The first-order valence-corrected chi connectivity index (χ1v) is 6.87. The van der Waals surface area contributed by atoms with Gasteiger partial charge in [0.05, 0.1) is 6.20 Å². The maximum atomic E-state index is 5.82. The summed E-state index contributed by atoms with van der Waals surface area (Å²) in [6.07, 6.45) is 6.30. The van der Waals surface area contributed by atoms with Gasteiger partial charge in [0.25, 0.3) is 0 Å². The lowest BCUT2D eigenvalue weighted by molar-refractivity contribution is 0.184. The first-order valence-electron chi connectivity index (χ1n) is 6.87. The fraction of sp³-hybridized carbons (Fsp3) is 0.786. The molecule has 0 unspecified atom stereocenters. The van der Waals surface area contributed by atoms with E-state index in [0.29, 0.717) is 0 Å². The van der Waals surface area contributed by atoms with E-state index in [1.165, 1.54) is 12.0 Å². The molecule has 0 saturated heterocycles. The van der Waals surface area contributed by atoms with E-state index < -0.39 is 0 Å². The summed E-state index contributed by atoms with van der Waals surface area (Å²) >= 11 is 0. The Morgan fingerprint density at radius 1 is 1.39 bits per heavy atom. The van der Waals surface area contributed by atoms with Crippen molar-refractivity contribution in [2.24, 2.45) is 18.2 Å². The lowest BCUT2D eigenvalue weighted by atomic mass is 9.93. The summed E-state index contributed by atoms with van der Waals surface area (Å²) in [5.41, 5.74) is 7.33. The Labute approximate surface area is 111 Å². The van der Waals surface area contributed by atoms with Gasteiger partial charge in [-0.15, -0.1) is 0 Å². The minimum absolute atomic E-state index is 0.199. The van der Waals surface area contributed by atoms with Gasteiger partial charge in [-0.2, -0.15) is 5.10 Å². The zero-order valence-electron chi connectivity index (χ0n) is 12.3.